The van der Waals surface area contributed by atoms with Gasteiger partial charge in [-0.2, -0.15) is 0 Å². The summed E-state index contributed by atoms with van der Waals surface area (Å²) >= 11 is 0. The van der Waals surface area contributed by atoms with Crippen LogP contribution in [0.3, 0.4) is 0 Å². The van der Waals surface area contributed by atoms with Crippen LogP contribution in [0.4, 0.5) is 4.79 Å². The number of nitrogens with zero attached hydrogens (tertiary/aromatic N) is 1. The van der Waals surface area contributed by atoms with Crippen LogP contribution in [-0.2, 0) is 25.6 Å². The normalized spacial score (nSPS) is 26.6. The number of amides is 4. The van der Waals surface area contributed by atoms with Crippen molar-refractivity contribution in [3.8, 4) is 0 Å². The van der Waals surface area contributed by atoms with Gasteiger partial charge in [-0.3, -0.25) is 19.2 Å². The van der Waals surface area contributed by atoms with Gasteiger partial charge in [0.15, 0.2) is 5.78 Å². The van der Waals surface area contributed by atoms with Gasteiger partial charge in [-0.1, -0.05) is 66.7 Å². The van der Waals surface area contributed by atoms with Crippen molar-refractivity contribution in [2.24, 2.45) is 28.6 Å². The minimum absolute atomic E-state index is 0.0598. The second-order valence-corrected chi connectivity index (χ2v) is 15.6. The lowest BCUT2D eigenvalue weighted by atomic mass is 9.78. The number of furan rings is 1. The SMILES string of the molecule is CC(=O)C(=O)C(CC1CC1)NC(=O)[C@@H]1[C@@H]2[C@H](CN1C(=O)[C@@H](NC(=O)NC1(Cc3ccoc3)CCCCC1)C(C)(C)C)C2(C)C. The molecule has 4 fully saturated rings. The molecule has 44 heavy (non-hydrogen) atoms. The summed E-state index contributed by atoms with van der Waals surface area (Å²) in [5.41, 5.74) is -0.176. The van der Waals surface area contributed by atoms with Gasteiger partial charge in [-0.15, -0.1) is 0 Å². The fourth-order valence-corrected chi connectivity index (χ4v) is 7.82. The van der Waals surface area contributed by atoms with Crippen LogP contribution in [0.25, 0.3) is 0 Å². The first kappa shape index (κ1) is 32.2. The molecule has 10 nitrogen and oxygen atoms in total. The molecule has 1 aliphatic heterocycles. The van der Waals surface area contributed by atoms with Crippen molar-refractivity contribution < 1.29 is 28.4 Å². The van der Waals surface area contributed by atoms with Gasteiger partial charge in [0.05, 0.1) is 18.6 Å². The summed E-state index contributed by atoms with van der Waals surface area (Å²) in [5, 5.41) is 9.13. The van der Waals surface area contributed by atoms with Crippen LogP contribution in [-0.4, -0.2) is 64.5 Å². The predicted molar refractivity (Wildman–Crippen MR) is 164 cm³/mol. The standard InChI is InChI=1S/C34H50N4O6/c1-20(39)27(40)24(16-21-10-11-21)35-29(41)26-25-23(33(25,5)6)18-38(26)30(42)28(32(2,3)4)36-31(43)37-34(13-8-7-9-14-34)17-22-12-15-44-19-22/h12,15,19,21,23-26,28H,7-11,13-14,16-18H2,1-6H3,(H,35,41)(H2,36,37,43)/t23-,24?,25-,26-,28+/m0/s1. The Balaban J connectivity index is 1.33. The maximum Gasteiger partial charge on any atom is 0.315 e. The van der Waals surface area contributed by atoms with Crippen molar-refractivity contribution in [3.05, 3.63) is 24.2 Å². The van der Waals surface area contributed by atoms with Crippen LogP contribution in [0.15, 0.2) is 23.0 Å². The molecular formula is C34H50N4O6. The van der Waals surface area contributed by atoms with E-state index >= 15 is 0 Å². The number of likely N-dealkylation sites (tertiary alicyclic amines) is 1. The number of hydrogen-bond acceptors (Lipinski definition) is 6. The molecule has 0 spiro atoms. The van der Waals surface area contributed by atoms with Gasteiger partial charge in [-0.05, 0) is 65.9 Å². The van der Waals surface area contributed by atoms with Crippen LogP contribution < -0.4 is 16.0 Å². The molecule has 1 saturated heterocycles. The van der Waals surface area contributed by atoms with Crippen molar-refractivity contribution >= 4 is 29.4 Å². The molecule has 242 valence electrons. The third-order valence-corrected chi connectivity index (χ3v) is 10.7. The maximum absolute atomic E-state index is 14.3. The van der Waals surface area contributed by atoms with Gasteiger partial charge in [-0.25, -0.2) is 4.79 Å². The molecule has 5 atom stereocenters. The highest BCUT2D eigenvalue weighted by Crippen LogP contribution is 2.65. The number of hydrogen-bond donors (Lipinski definition) is 3. The molecule has 3 aliphatic carbocycles. The lowest BCUT2D eigenvalue weighted by Gasteiger charge is -2.41. The van der Waals surface area contributed by atoms with E-state index in [4.69, 9.17) is 4.42 Å². The van der Waals surface area contributed by atoms with E-state index in [0.29, 0.717) is 25.3 Å². The molecular weight excluding hydrogens is 560 g/mol. The second-order valence-electron chi connectivity index (χ2n) is 15.6. The maximum atomic E-state index is 14.3. The number of Topliss-reactive ketones (excluding diaryl/α,β-unsaturated/α-hetero) is 2. The summed E-state index contributed by atoms with van der Waals surface area (Å²) in [7, 11) is 0. The first-order chi connectivity index (χ1) is 20.6. The second kappa shape index (κ2) is 12.0. The van der Waals surface area contributed by atoms with Gasteiger partial charge in [0.1, 0.15) is 12.1 Å². The van der Waals surface area contributed by atoms with Crippen molar-refractivity contribution in [2.45, 2.75) is 123 Å². The van der Waals surface area contributed by atoms with E-state index < -0.39 is 52.6 Å². The number of carbonyl (C=O) groups is 5. The van der Waals surface area contributed by atoms with Crippen LogP contribution >= 0.6 is 0 Å². The van der Waals surface area contributed by atoms with Crippen molar-refractivity contribution in [1.29, 1.82) is 0 Å². The highest BCUT2D eigenvalue weighted by atomic mass is 16.3. The van der Waals surface area contributed by atoms with E-state index in [0.717, 1.165) is 50.5 Å². The summed E-state index contributed by atoms with van der Waals surface area (Å²) in [6.45, 7) is 11.6. The van der Waals surface area contributed by atoms with Gasteiger partial charge >= 0.3 is 6.03 Å². The fourth-order valence-electron chi connectivity index (χ4n) is 7.82. The molecule has 1 aromatic heterocycles. The first-order valence-electron chi connectivity index (χ1n) is 16.4. The van der Waals surface area contributed by atoms with Crippen LogP contribution in [0.2, 0.25) is 0 Å². The highest BCUT2D eigenvalue weighted by molar-refractivity contribution is 6.38. The molecule has 0 bridgehead atoms. The zero-order valence-corrected chi connectivity index (χ0v) is 27.2. The largest absolute Gasteiger partial charge is 0.472 e. The molecule has 2 heterocycles. The third kappa shape index (κ3) is 6.74. The van der Waals surface area contributed by atoms with Crippen molar-refractivity contribution in [3.63, 3.8) is 0 Å². The Bertz CT molecular complexity index is 1270. The van der Waals surface area contributed by atoms with E-state index in [1.54, 1.807) is 17.4 Å². The predicted octanol–water partition coefficient (Wildman–Crippen LogP) is 4.16. The molecule has 4 aliphatic rings. The molecule has 0 radical (unpaired) electrons. The Hall–Kier alpha value is -3.17. The number of fused-ring (bicyclic) bond motifs is 1. The number of rotatable bonds is 11. The molecule has 1 aromatic rings. The Kier molecular flexibility index (Phi) is 8.77. The molecule has 3 N–H and O–H groups in total. The smallest absolute Gasteiger partial charge is 0.315 e. The third-order valence-electron chi connectivity index (χ3n) is 10.7. The average molecular weight is 611 g/mol. The number of ketones is 2. The van der Waals surface area contributed by atoms with E-state index in [1.807, 2.05) is 26.8 Å². The minimum atomic E-state index is -0.880. The Morgan fingerprint density at radius 2 is 1.73 bits per heavy atom. The monoisotopic (exact) mass is 610 g/mol. The summed E-state index contributed by atoms with van der Waals surface area (Å²) in [4.78, 5) is 68.2. The Morgan fingerprint density at radius 1 is 1.05 bits per heavy atom. The van der Waals surface area contributed by atoms with Crippen LogP contribution in [0, 0.1) is 28.6 Å². The van der Waals surface area contributed by atoms with Crippen LogP contribution in [0.5, 0.6) is 0 Å². The average Bonchev–Trinajstić information content (AvgIpc) is 3.66. The van der Waals surface area contributed by atoms with E-state index in [-0.39, 0.29) is 23.2 Å². The zero-order valence-electron chi connectivity index (χ0n) is 27.2. The molecule has 3 saturated carbocycles. The summed E-state index contributed by atoms with van der Waals surface area (Å²) in [5.74, 6) is -1.46. The molecule has 4 amide bonds. The van der Waals surface area contributed by atoms with E-state index in [9.17, 15) is 24.0 Å². The fraction of sp³-hybridized carbons (Fsp3) is 0.735. The number of carbonyl (C=O) groups excluding carboxylic acids is 5. The van der Waals surface area contributed by atoms with Gasteiger partial charge in [0, 0.05) is 19.0 Å². The molecule has 0 aromatic carbocycles. The molecule has 1 unspecified atom stereocenters. The lowest BCUT2D eigenvalue weighted by molar-refractivity contribution is -0.145. The topological polar surface area (TPSA) is 138 Å². The lowest BCUT2D eigenvalue weighted by Crippen LogP contribution is -2.63. The number of piperidine rings is 1. The van der Waals surface area contributed by atoms with Gasteiger partial charge < -0.3 is 25.3 Å². The highest BCUT2D eigenvalue weighted by Gasteiger charge is 2.70. The van der Waals surface area contributed by atoms with Crippen LogP contribution in [0.1, 0.15) is 98.5 Å². The number of nitrogens with one attached hydrogen (secondary N) is 3. The van der Waals surface area contributed by atoms with E-state index in [2.05, 4.69) is 29.8 Å². The molecule has 10 heteroatoms. The zero-order chi connectivity index (χ0) is 32.0. The van der Waals surface area contributed by atoms with Crippen molar-refractivity contribution in [2.75, 3.05) is 6.54 Å². The van der Waals surface area contributed by atoms with Gasteiger partial charge in [0.2, 0.25) is 17.6 Å². The summed E-state index contributed by atoms with van der Waals surface area (Å²) in [6, 6.07) is -1.01. The van der Waals surface area contributed by atoms with Crippen molar-refractivity contribution in [1.82, 2.24) is 20.9 Å². The van der Waals surface area contributed by atoms with E-state index in [1.165, 1.54) is 6.92 Å². The Labute approximate surface area is 260 Å². The first-order valence-corrected chi connectivity index (χ1v) is 16.4. The summed E-state index contributed by atoms with van der Waals surface area (Å²) < 4.78 is 5.28. The minimum Gasteiger partial charge on any atom is -0.472 e. The number of urea groups is 1. The van der Waals surface area contributed by atoms with Gasteiger partial charge in [0.25, 0.3) is 0 Å². The quantitative estimate of drug-likeness (QED) is 0.322. The summed E-state index contributed by atoms with van der Waals surface area (Å²) in [6.07, 6.45) is 11.2. The molecule has 5 rings (SSSR count). The Morgan fingerprint density at radius 3 is 2.30 bits per heavy atom.